The summed E-state index contributed by atoms with van der Waals surface area (Å²) >= 11 is 0. The Kier molecular flexibility index (Phi) is 5.77. The number of anilines is 1. The molecule has 2 N–H and O–H groups in total. The van der Waals surface area contributed by atoms with Gasteiger partial charge in [-0.05, 0) is 43.7 Å². The van der Waals surface area contributed by atoms with Gasteiger partial charge in [-0.1, -0.05) is 29.4 Å². The van der Waals surface area contributed by atoms with Gasteiger partial charge in [0.25, 0.3) is 5.89 Å². The van der Waals surface area contributed by atoms with Crippen molar-refractivity contribution in [3.8, 4) is 22.6 Å². The summed E-state index contributed by atoms with van der Waals surface area (Å²) in [4.78, 5) is 26.0. The largest absolute Gasteiger partial charge is 0.368 e. The molecular weight excluding hydrogens is 463 g/mol. The lowest BCUT2D eigenvalue weighted by Gasteiger charge is -2.27. The molecule has 1 aliphatic carbocycles. The standard InChI is InChI=1S/C25H27FN8O2/c1-14-20(21(26)30-24(27)29-14)15-5-7-17(8-6-15)25(2,18-9-10-18)23-31-22(36-32-23)16-11-28-34(12-16)13-19(35)33(3)4/h5-8,11-12,18H,9-10,13H2,1-4H3,(H2,27,29,30)/t25-/m0/s1. The van der Waals surface area contributed by atoms with Crippen LogP contribution < -0.4 is 5.73 Å². The lowest BCUT2D eigenvalue weighted by atomic mass is 9.76. The molecule has 1 aliphatic rings. The molecule has 186 valence electrons. The van der Waals surface area contributed by atoms with Crippen LogP contribution in [-0.2, 0) is 16.8 Å². The highest BCUT2D eigenvalue weighted by Crippen LogP contribution is 2.50. The number of aromatic nitrogens is 6. The lowest BCUT2D eigenvalue weighted by molar-refractivity contribution is -0.129. The first kappa shape index (κ1) is 23.6. The summed E-state index contributed by atoms with van der Waals surface area (Å²) in [6, 6.07) is 7.63. The van der Waals surface area contributed by atoms with Crippen molar-refractivity contribution < 1.29 is 13.7 Å². The highest BCUT2D eigenvalue weighted by molar-refractivity contribution is 5.75. The zero-order valence-corrected chi connectivity index (χ0v) is 20.6. The predicted molar refractivity (Wildman–Crippen MR) is 130 cm³/mol. The number of nitrogen functional groups attached to an aromatic ring is 1. The maximum atomic E-state index is 14.5. The Morgan fingerprint density at radius 2 is 1.92 bits per heavy atom. The Bertz CT molecular complexity index is 1400. The second-order valence-corrected chi connectivity index (χ2v) is 9.52. The van der Waals surface area contributed by atoms with E-state index < -0.39 is 11.4 Å². The molecule has 3 heterocycles. The number of hydrogen-bond donors (Lipinski definition) is 1. The molecule has 0 spiro atoms. The van der Waals surface area contributed by atoms with E-state index in [1.54, 1.807) is 38.1 Å². The SMILES string of the molecule is Cc1nc(N)nc(F)c1-c1ccc([C@](C)(c2noc(-c3cnn(CC(=O)N(C)C)c3)n2)C2CC2)cc1. The molecule has 0 saturated heterocycles. The lowest BCUT2D eigenvalue weighted by Crippen LogP contribution is -2.28. The molecule has 0 radical (unpaired) electrons. The number of likely N-dealkylation sites (N-methyl/N-ethyl adjacent to an activating group) is 1. The molecular formula is C25H27FN8O2. The highest BCUT2D eigenvalue weighted by atomic mass is 19.1. The first-order chi connectivity index (χ1) is 17.2. The maximum Gasteiger partial charge on any atom is 0.261 e. The molecule has 11 heteroatoms. The second-order valence-electron chi connectivity index (χ2n) is 9.52. The zero-order chi connectivity index (χ0) is 25.6. The second kappa shape index (κ2) is 8.81. The summed E-state index contributed by atoms with van der Waals surface area (Å²) in [5, 5.41) is 8.57. The summed E-state index contributed by atoms with van der Waals surface area (Å²) in [7, 11) is 3.40. The smallest absolute Gasteiger partial charge is 0.261 e. The van der Waals surface area contributed by atoms with Gasteiger partial charge in [0.05, 0.1) is 28.4 Å². The van der Waals surface area contributed by atoms with Gasteiger partial charge in [0.2, 0.25) is 17.8 Å². The van der Waals surface area contributed by atoms with Crippen LogP contribution in [0.2, 0.25) is 0 Å². The Balaban J connectivity index is 1.44. The van der Waals surface area contributed by atoms with E-state index in [9.17, 15) is 9.18 Å². The van der Waals surface area contributed by atoms with Gasteiger partial charge >= 0.3 is 0 Å². The minimum Gasteiger partial charge on any atom is -0.368 e. The van der Waals surface area contributed by atoms with E-state index in [-0.39, 0.29) is 18.4 Å². The highest BCUT2D eigenvalue weighted by Gasteiger charge is 2.47. The fraction of sp³-hybridized carbons (Fsp3) is 0.360. The van der Waals surface area contributed by atoms with Crippen LogP contribution in [0, 0.1) is 18.8 Å². The Hall–Kier alpha value is -4.15. The van der Waals surface area contributed by atoms with E-state index in [0.717, 1.165) is 18.4 Å². The molecule has 0 bridgehead atoms. The van der Waals surface area contributed by atoms with E-state index in [4.69, 9.17) is 15.2 Å². The van der Waals surface area contributed by atoms with Gasteiger partial charge in [0.15, 0.2) is 5.82 Å². The molecule has 0 aliphatic heterocycles. The molecule has 1 amide bonds. The van der Waals surface area contributed by atoms with E-state index >= 15 is 0 Å². The summed E-state index contributed by atoms with van der Waals surface area (Å²) in [5.41, 5.74) is 8.20. The van der Waals surface area contributed by atoms with Crippen LogP contribution in [0.15, 0.2) is 41.2 Å². The minimum atomic E-state index is -0.645. The van der Waals surface area contributed by atoms with Crippen LogP contribution in [0.4, 0.5) is 10.3 Å². The van der Waals surface area contributed by atoms with Crippen LogP contribution in [0.1, 0.15) is 36.8 Å². The van der Waals surface area contributed by atoms with Crippen molar-refractivity contribution in [3.05, 3.63) is 59.7 Å². The fourth-order valence-corrected chi connectivity index (χ4v) is 4.47. The molecule has 36 heavy (non-hydrogen) atoms. The van der Waals surface area contributed by atoms with Crippen LogP contribution in [0.3, 0.4) is 0 Å². The van der Waals surface area contributed by atoms with Crippen molar-refractivity contribution in [1.82, 2.24) is 34.8 Å². The van der Waals surface area contributed by atoms with Gasteiger partial charge in [-0.3, -0.25) is 9.48 Å². The Morgan fingerprint density at radius 1 is 1.19 bits per heavy atom. The van der Waals surface area contributed by atoms with Crippen molar-refractivity contribution >= 4 is 11.9 Å². The molecule has 1 atom stereocenters. The van der Waals surface area contributed by atoms with Crippen LogP contribution in [-0.4, -0.2) is 54.8 Å². The number of aryl methyl sites for hydroxylation is 1. The number of hydrogen-bond acceptors (Lipinski definition) is 8. The topological polar surface area (TPSA) is 129 Å². The number of amides is 1. The summed E-state index contributed by atoms with van der Waals surface area (Å²) in [5.74, 6) is 0.466. The van der Waals surface area contributed by atoms with Crippen molar-refractivity contribution in [2.75, 3.05) is 19.8 Å². The zero-order valence-electron chi connectivity index (χ0n) is 20.6. The average Bonchev–Trinajstić information content (AvgIpc) is 3.39. The van der Waals surface area contributed by atoms with Crippen molar-refractivity contribution in [2.45, 2.75) is 38.6 Å². The minimum absolute atomic E-state index is 0.0683. The normalized spacial score (nSPS) is 15.0. The van der Waals surface area contributed by atoms with E-state index in [1.165, 1.54) is 4.90 Å². The molecule has 10 nitrogen and oxygen atoms in total. The number of nitrogens with two attached hydrogens (primary N) is 1. The Labute approximate surface area is 207 Å². The van der Waals surface area contributed by atoms with Crippen LogP contribution in [0.5, 0.6) is 0 Å². The first-order valence-corrected chi connectivity index (χ1v) is 11.6. The van der Waals surface area contributed by atoms with Crippen molar-refractivity contribution in [3.63, 3.8) is 0 Å². The number of carbonyl (C=O) groups excluding carboxylic acids is 1. The molecule has 5 rings (SSSR count). The van der Waals surface area contributed by atoms with Gasteiger partial charge in [0, 0.05) is 20.3 Å². The molecule has 1 aromatic carbocycles. The fourth-order valence-electron chi connectivity index (χ4n) is 4.47. The van der Waals surface area contributed by atoms with E-state index in [1.807, 2.05) is 24.3 Å². The molecule has 1 fully saturated rings. The monoisotopic (exact) mass is 490 g/mol. The van der Waals surface area contributed by atoms with Gasteiger partial charge in [-0.25, -0.2) is 4.98 Å². The van der Waals surface area contributed by atoms with Gasteiger partial charge < -0.3 is 15.2 Å². The van der Waals surface area contributed by atoms with Gasteiger partial charge in [0.1, 0.15) is 6.54 Å². The molecule has 0 unspecified atom stereocenters. The third-order valence-electron chi connectivity index (χ3n) is 6.80. The number of benzene rings is 1. The van der Waals surface area contributed by atoms with Crippen molar-refractivity contribution in [2.24, 2.45) is 5.92 Å². The van der Waals surface area contributed by atoms with Crippen molar-refractivity contribution in [1.29, 1.82) is 0 Å². The first-order valence-electron chi connectivity index (χ1n) is 11.6. The van der Waals surface area contributed by atoms with E-state index in [0.29, 0.717) is 40.0 Å². The number of nitrogens with zero attached hydrogens (tertiary/aromatic N) is 7. The molecule has 1 saturated carbocycles. The number of carbonyl (C=O) groups is 1. The maximum absolute atomic E-state index is 14.5. The number of halogens is 1. The average molecular weight is 491 g/mol. The third kappa shape index (κ3) is 4.21. The van der Waals surface area contributed by atoms with E-state index in [2.05, 4.69) is 27.1 Å². The summed E-state index contributed by atoms with van der Waals surface area (Å²) in [6.07, 6.45) is 5.42. The predicted octanol–water partition coefficient (Wildman–Crippen LogP) is 3.22. The van der Waals surface area contributed by atoms with Crippen LogP contribution >= 0.6 is 0 Å². The molecule has 3 aromatic heterocycles. The van der Waals surface area contributed by atoms with Gasteiger partial charge in [-0.2, -0.15) is 19.5 Å². The molecule has 4 aromatic rings. The summed E-state index contributed by atoms with van der Waals surface area (Å²) < 4.78 is 21.7. The van der Waals surface area contributed by atoms with Crippen LogP contribution in [0.25, 0.3) is 22.6 Å². The summed E-state index contributed by atoms with van der Waals surface area (Å²) in [6.45, 7) is 3.93. The van der Waals surface area contributed by atoms with Gasteiger partial charge in [-0.15, -0.1) is 0 Å². The number of rotatable bonds is 7. The Morgan fingerprint density at radius 3 is 2.56 bits per heavy atom. The third-order valence-corrected chi connectivity index (χ3v) is 6.80. The quantitative estimate of drug-likeness (QED) is 0.391.